The number of hydrogen-bond acceptors (Lipinski definition) is 4. The van der Waals surface area contributed by atoms with Gasteiger partial charge in [-0.3, -0.25) is 14.4 Å². The van der Waals surface area contributed by atoms with E-state index in [0.717, 1.165) is 0 Å². The van der Waals surface area contributed by atoms with Crippen LogP contribution in [-0.4, -0.2) is 22.5 Å². The van der Waals surface area contributed by atoms with E-state index >= 15 is 0 Å². The predicted octanol–water partition coefficient (Wildman–Crippen LogP) is 0.976. The fourth-order valence-electron chi connectivity index (χ4n) is 1.65. The predicted molar refractivity (Wildman–Crippen MR) is 50.9 cm³/mol. The summed E-state index contributed by atoms with van der Waals surface area (Å²) in [5.41, 5.74) is -0.0299. The molecule has 1 aliphatic carbocycles. The SMILES string of the molecule is CC1C(=O)C(=O)c2cccc(O)c2C1=O. The normalized spacial score (nSPS) is 20.3. The number of phenolic OH excluding ortho intramolecular Hbond substituents is 1. The second-order valence-electron chi connectivity index (χ2n) is 3.48. The summed E-state index contributed by atoms with van der Waals surface area (Å²) < 4.78 is 0. The van der Waals surface area contributed by atoms with Crippen molar-refractivity contribution in [3.63, 3.8) is 0 Å². The molecule has 76 valence electrons. The number of aromatic hydroxyl groups is 1. The summed E-state index contributed by atoms with van der Waals surface area (Å²) in [6.07, 6.45) is 0. The first-order valence-corrected chi connectivity index (χ1v) is 4.48. The smallest absolute Gasteiger partial charge is 0.230 e. The lowest BCUT2D eigenvalue weighted by atomic mass is 9.81. The van der Waals surface area contributed by atoms with Crippen molar-refractivity contribution in [2.24, 2.45) is 5.92 Å². The summed E-state index contributed by atoms with van der Waals surface area (Å²) in [4.78, 5) is 34.5. The van der Waals surface area contributed by atoms with Crippen LogP contribution in [-0.2, 0) is 4.79 Å². The molecule has 1 aromatic carbocycles. The Labute approximate surface area is 85.5 Å². The third kappa shape index (κ3) is 1.18. The maximum atomic E-state index is 11.7. The molecular formula is C11H8O4. The van der Waals surface area contributed by atoms with Crippen molar-refractivity contribution in [1.82, 2.24) is 0 Å². The minimum atomic E-state index is -0.988. The van der Waals surface area contributed by atoms with E-state index in [1.54, 1.807) is 0 Å². The fourth-order valence-corrected chi connectivity index (χ4v) is 1.65. The van der Waals surface area contributed by atoms with Gasteiger partial charge in [0.1, 0.15) is 5.75 Å². The number of carbonyl (C=O) groups is 3. The third-order valence-corrected chi connectivity index (χ3v) is 2.54. The van der Waals surface area contributed by atoms with Crippen molar-refractivity contribution in [3.05, 3.63) is 29.3 Å². The summed E-state index contributed by atoms with van der Waals surface area (Å²) in [7, 11) is 0. The average molecular weight is 204 g/mol. The lowest BCUT2D eigenvalue weighted by molar-refractivity contribution is -0.117. The molecule has 0 saturated heterocycles. The van der Waals surface area contributed by atoms with E-state index < -0.39 is 23.3 Å². The van der Waals surface area contributed by atoms with Gasteiger partial charge in [-0.15, -0.1) is 0 Å². The summed E-state index contributed by atoms with van der Waals surface area (Å²) in [5, 5.41) is 9.46. The fraction of sp³-hybridized carbons (Fsp3) is 0.182. The van der Waals surface area contributed by atoms with Gasteiger partial charge in [-0.25, -0.2) is 0 Å². The molecule has 1 aromatic rings. The first-order chi connectivity index (χ1) is 7.04. The molecule has 0 radical (unpaired) electrons. The van der Waals surface area contributed by atoms with Crippen LogP contribution in [0.5, 0.6) is 5.75 Å². The Morgan fingerprint density at radius 3 is 2.47 bits per heavy atom. The van der Waals surface area contributed by atoms with Crippen molar-refractivity contribution in [1.29, 1.82) is 0 Å². The second-order valence-corrected chi connectivity index (χ2v) is 3.48. The molecule has 0 fully saturated rings. The number of phenols is 1. The zero-order valence-corrected chi connectivity index (χ0v) is 7.98. The van der Waals surface area contributed by atoms with Crippen molar-refractivity contribution in [2.45, 2.75) is 6.92 Å². The van der Waals surface area contributed by atoms with Gasteiger partial charge >= 0.3 is 0 Å². The van der Waals surface area contributed by atoms with E-state index in [2.05, 4.69) is 0 Å². The molecule has 4 heteroatoms. The highest BCUT2D eigenvalue weighted by molar-refractivity contribution is 6.51. The van der Waals surface area contributed by atoms with Crippen LogP contribution in [0.4, 0.5) is 0 Å². The van der Waals surface area contributed by atoms with Crippen molar-refractivity contribution in [3.8, 4) is 5.75 Å². The average Bonchev–Trinajstić information content (AvgIpc) is 2.23. The molecule has 0 bridgehead atoms. The molecule has 0 heterocycles. The Bertz CT molecular complexity index is 487. The largest absolute Gasteiger partial charge is 0.507 e. The minimum absolute atomic E-state index is 0.00287. The molecule has 1 aliphatic rings. The van der Waals surface area contributed by atoms with Crippen LogP contribution in [0.15, 0.2) is 18.2 Å². The van der Waals surface area contributed by atoms with Crippen LogP contribution in [0.2, 0.25) is 0 Å². The Kier molecular flexibility index (Phi) is 1.93. The summed E-state index contributed by atoms with van der Waals surface area (Å²) >= 11 is 0. The summed E-state index contributed by atoms with van der Waals surface area (Å²) in [6, 6.07) is 4.13. The van der Waals surface area contributed by atoms with E-state index in [1.165, 1.54) is 25.1 Å². The van der Waals surface area contributed by atoms with Crippen LogP contribution in [0.25, 0.3) is 0 Å². The molecule has 0 aliphatic heterocycles. The van der Waals surface area contributed by atoms with Crippen LogP contribution in [0, 0.1) is 5.92 Å². The van der Waals surface area contributed by atoms with E-state index in [0.29, 0.717) is 0 Å². The second kappa shape index (κ2) is 3.02. The first kappa shape index (κ1) is 9.58. The van der Waals surface area contributed by atoms with Crippen LogP contribution < -0.4 is 0 Å². The maximum Gasteiger partial charge on any atom is 0.230 e. The lowest BCUT2D eigenvalue weighted by Crippen LogP contribution is -2.35. The number of Topliss-reactive ketones (excluding diaryl/α,β-unsaturated/α-hetero) is 3. The molecule has 0 amide bonds. The number of hydrogen-bond donors (Lipinski definition) is 1. The van der Waals surface area contributed by atoms with Crippen LogP contribution in [0.3, 0.4) is 0 Å². The number of carbonyl (C=O) groups excluding carboxylic acids is 3. The van der Waals surface area contributed by atoms with Gasteiger partial charge in [-0.1, -0.05) is 6.07 Å². The van der Waals surface area contributed by atoms with Gasteiger partial charge in [-0.05, 0) is 19.1 Å². The number of fused-ring (bicyclic) bond motifs is 1. The molecule has 0 saturated carbocycles. The molecule has 0 aromatic heterocycles. The van der Waals surface area contributed by atoms with Crippen LogP contribution >= 0.6 is 0 Å². The number of benzene rings is 1. The minimum Gasteiger partial charge on any atom is -0.507 e. The van der Waals surface area contributed by atoms with Gasteiger partial charge in [-0.2, -0.15) is 0 Å². The highest BCUT2D eigenvalue weighted by atomic mass is 16.3. The zero-order valence-electron chi connectivity index (χ0n) is 7.98. The molecule has 2 rings (SSSR count). The number of ketones is 3. The van der Waals surface area contributed by atoms with Gasteiger partial charge in [0.05, 0.1) is 11.5 Å². The highest BCUT2D eigenvalue weighted by Gasteiger charge is 2.38. The standard InChI is InChI=1S/C11H8O4/c1-5-9(13)8-6(11(15)10(5)14)3-2-4-7(8)12/h2-5,12H,1H3. The van der Waals surface area contributed by atoms with Gasteiger partial charge in [0.15, 0.2) is 5.78 Å². The Hall–Kier alpha value is -1.97. The van der Waals surface area contributed by atoms with E-state index in [9.17, 15) is 19.5 Å². The molecule has 0 spiro atoms. The molecule has 15 heavy (non-hydrogen) atoms. The Balaban J connectivity index is 2.75. The molecule has 1 atom stereocenters. The maximum absolute atomic E-state index is 11.7. The van der Waals surface area contributed by atoms with Crippen molar-refractivity contribution in [2.75, 3.05) is 0 Å². The molecule has 1 N–H and O–H groups in total. The van der Waals surface area contributed by atoms with Gasteiger partial charge in [0.2, 0.25) is 11.6 Å². The lowest BCUT2D eigenvalue weighted by Gasteiger charge is -2.18. The van der Waals surface area contributed by atoms with Crippen LogP contribution in [0.1, 0.15) is 27.6 Å². The monoisotopic (exact) mass is 204 g/mol. The van der Waals surface area contributed by atoms with Gasteiger partial charge in [0.25, 0.3) is 0 Å². The topological polar surface area (TPSA) is 71.4 Å². The first-order valence-electron chi connectivity index (χ1n) is 4.48. The molecule has 1 unspecified atom stereocenters. The number of rotatable bonds is 0. The van der Waals surface area contributed by atoms with Crippen molar-refractivity contribution >= 4 is 17.3 Å². The van der Waals surface area contributed by atoms with E-state index in [-0.39, 0.29) is 16.9 Å². The molecular weight excluding hydrogens is 196 g/mol. The van der Waals surface area contributed by atoms with E-state index in [4.69, 9.17) is 0 Å². The zero-order chi connectivity index (χ0) is 11.2. The van der Waals surface area contributed by atoms with E-state index in [1.807, 2.05) is 0 Å². The highest BCUT2D eigenvalue weighted by Crippen LogP contribution is 2.29. The summed E-state index contributed by atoms with van der Waals surface area (Å²) in [6.45, 7) is 1.37. The van der Waals surface area contributed by atoms with Gasteiger partial charge < -0.3 is 5.11 Å². The van der Waals surface area contributed by atoms with Gasteiger partial charge in [0, 0.05) is 5.56 Å². The molecule has 4 nitrogen and oxygen atoms in total. The van der Waals surface area contributed by atoms with Crippen molar-refractivity contribution < 1.29 is 19.5 Å². The summed E-state index contributed by atoms with van der Waals surface area (Å²) in [5.74, 6) is -3.14. The quantitative estimate of drug-likeness (QED) is 0.505. The Morgan fingerprint density at radius 2 is 1.80 bits per heavy atom. The Morgan fingerprint density at radius 1 is 1.13 bits per heavy atom. The third-order valence-electron chi connectivity index (χ3n) is 2.54.